The van der Waals surface area contributed by atoms with Crippen molar-refractivity contribution in [3.8, 4) is 0 Å². The first-order valence-electron chi connectivity index (χ1n) is 9.00. The average molecular weight is 346 g/mol. The third-order valence-corrected chi connectivity index (χ3v) is 5.76. The maximum atomic E-state index is 13.0. The van der Waals surface area contributed by atoms with Crippen LogP contribution in [-0.2, 0) is 4.79 Å². The van der Waals surface area contributed by atoms with Gasteiger partial charge >= 0.3 is 0 Å². The second kappa shape index (κ2) is 8.06. The van der Waals surface area contributed by atoms with Crippen LogP contribution in [0.15, 0.2) is 29.2 Å². The summed E-state index contributed by atoms with van der Waals surface area (Å²) in [5, 5.41) is 0. The van der Waals surface area contributed by atoms with Crippen molar-refractivity contribution in [2.45, 2.75) is 50.0 Å². The van der Waals surface area contributed by atoms with Gasteiger partial charge in [-0.15, -0.1) is 11.8 Å². The quantitative estimate of drug-likeness (QED) is 0.767. The molecule has 2 aliphatic rings. The van der Waals surface area contributed by atoms with Crippen LogP contribution in [0.25, 0.3) is 0 Å². The van der Waals surface area contributed by atoms with Gasteiger partial charge in [0, 0.05) is 42.6 Å². The Morgan fingerprint density at radius 1 is 1.25 bits per heavy atom. The Morgan fingerprint density at radius 2 is 2.12 bits per heavy atom. The predicted molar refractivity (Wildman–Crippen MR) is 97.3 cm³/mol. The Balaban J connectivity index is 1.73. The second-order valence-corrected chi connectivity index (χ2v) is 7.89. The minimum atomic E-state index is 0.116. The summed E-state index contributed by atoms with van der Waals surface area (Å²) in [5.74, 6) is 1.36. The summed E-state index contributed by atoms with van der Waals surface area (Å²) >= 11 is 1.76. The number of amides is 2. The SMILES string of the molecule is CCSc1cccc(C(=O)N2CCCC[C@H]2CN2CCCC2=O)c1. The van der Waals surface area contributed by atoms with E-state index < -0.39 is 0 Å². The highest BCUT2D eigenvalue weighted by atomic mass is 32.2. The van der Waals surface area contributed by atoms with Crippen LogP contribution in [0.3, 0.4) is 0 Å². The average Bonchev–Trinajstić information content (AvgIpc) is 3.00. The molecule has 2 amide bonds. The van der Waals surface area contributed by atoms with Gasteiger partial charge in [-0.25, -0.2) is 0 Å². The number of piperidine rings is 1. The summed E-state index contributed by atoms with van der Waals surface area (Å²) in [5.41, 5.74) is 0.771. The molecular formula is C19H26N2O2S. The lowest BCUT2D eigenvalue weighted by Gasteiger charge is -2.38. The van der Waals surface area contributed by atoms with Gasteiger partial charge in [0.1, 0.15) is 0 Å². The monoisotopic (exact) mass is 346 g/mol. The minimum Gasteiger partial charge on any atom is -0.341 e. The van der Waals surface area contributed by atoms with Gasteiger partial charge in [-0.05, 0) is 49.6 Å². The number of benzene rings is 1. The number of hydrogen-bond donors (Lipinski definition) is 0. The zero-order valence-electron chi connectivity index (χ0n) is 14.4. The first kappa shape index (κ1) is 17.3. The van der Waals surface area contributed by atoms with Crippen LogP contribution >= 0.6 is 11.8 Å². The molecule has 1 aromatic rings. The molecule has 3 rings (SSSR count). The van der Waals surface area contributed by atoms with Gasteiger partial charge in [0.05, 0.1) is 0 Å². The summed E-state index contributed by atoms with van der Waals surface area (Å²) < 4.78 is 0. The molecule has 0 spiro atoms. The van der Waals surface area contributed by atoms with Crippen molar-refractivity contribution in [2.24, 2.45) is 0 Å². The van der Waals surface area contributed by atoms with Gasteiger partial charge in [0.25, 0.3) is 5.91 Å². The molecule has 0 aliphatic carbocycles. The fourth-order valence-electron chi connectivity index (χ4n) is 3.66. The molecule has 0 N–H and O–H groups in total. The van der Waals surface area contributed by atoms with Crippen molar-refractivity contribution in [1.82, 2.24) is 9.80 Å². The third kappa shape index (κ3) is 3.94. The highest BCUT2D eigenvalue weighted by Crippen LogP contribution is 2.24. The molecule has 1 atom stereocenters. The summed E-state index contributed by atoms with van der Waals surface area (Å²) in [6, 6.07) is 8.10. The molecule has 24 heavy (non-hydrogen) atoms. The van der Waals surface area contributed by atoms with E-state index in [1.165, 1.54) is 0 Å². The first-order chi connectivity index (χ1) is 11.7. The van der Waals surface area contributed by atoms with Crippen molar-refractivity contribution >= 4 is 23.6 Å². The Bertz CT molecular complexity index is 605. The molecule has 0 aromatic heterocycles. The van der Waals surface area contributed by atoms with E-state index in [1.807, 2.05) is 28.0 Å². The van der Waals surface area contributed by atoms with Crippen molar-refractivity contribution in [3.05, 3.63) is 29.8 Å². The normalized spacial score (nSPS) is 21.4. The van der Waals surface area contributed by atoms with E-state index in [1.54, 1.807) is 11.8 Å². The number of rotatable bonds is 5. The van der Waals surface area contributed by atoms with Crippen molar-refractivity contribution in [2.75, 3.05) is 25.4 Å². The molecular weight excluding hydrogens is 320 g/mol. The fourth-order valence-corrected chi connectivity index (χ4v) is 4.38. The molecule has 2 aliphatic heterocycles. The molecule has 0 unspecified atom stereocenters. The molecule has 0 bridgehead atoms. The lowest BCUT2D eigenvalue weighted by Crippen LogP contribution is -2.49. The summed E-state index contributed by atoms with van der Waals surface area (Å²) in [7, 11) is 0. The Labute approximate surface area is 148 Å². The van der Waals surface area contributed by atoms with E-state index in [2.05, 4.69) is 13.0 Å². The van der Waals surface area contributed by atoms with Crippen LogP contribution in [0, 0.1) is 0 Å². The van der Waals surface area contributed by atoms with Gasteiger partial charge < -0.3 is 9.80 Å². The van der Waals surface area contributed by atoms with Gasteiger partial charge in [-0.1, -0.05) is 13.0 Å². The fraction of sp³-hybridized carbons (Fsp3) is 0.579. The van der Waals surface area contributed by atoms with E-state index in [-0.39, 0.29) is 17.9 Å². The van der Waals surface area contributed by atoms with E-state index in [0.717, 1.165) is 55.0 Å². The highest BCUT2D eigenvalue weighted by Gasteiger charge is 2.31. The summed E-state index contributed by atoms with van der Waals surface area (Å²) in [6.07, 6.45) is 4.81. The lowest BCUT2D eigenvalue weighted by atomic mass is 10.00. The molecule has 2 fully saturated rings. The number of carbonyl (C=O) groups excluding carboxylic acids is 2. The van der Waals surface area contributed by atoms with Gasteiger partial charge in [-0.2, -0.15) is 0 Å². The number of carbonyl (C=O) groups is 2. The van der Waals surface area contributed by atoms with Crippen molar-refractivity contribution in [3.63, 3.8) is 0 Å². The van der Waals surface area contributed by atoms with E-state index in [0.29, 0.717) is 13.0 Å². The van der Waals surface area contributed by atoms with E-state index in [9.17, 15) is 9.59 Å². The van der Waals surface area contributed by atoms with Gasteiger partial charge in [0.15, 0.2) is 0 Å². The molecule has 0 radical (unpaired) electrons. The Kier molecular flexibility index (Phi) is 5.82. The maximum Gasteiger partial charge on any atom is 0.254 e. The molecule has 1 aromatic carbocycles. The van der Waals surface area contributed by atoms with Crippen LogP contribution in [0.2, 0.25) is 0 Å². The standard InChI is InChI=1S/C19H26N2O2S/c1-2-24-17-9-5-7-15(13-17)19(23)21-12-4-3-8-16(21)14-20-11-6-10-18(20)22/h5,7,9,13,16H,2-4,6,8,10-12,14H2,1H3/t16-/m0/s1. The molecule has 4 nitrogen and oxygen atoms in total. The van der Waals surface area contributed by atoms with Crippen molar-refractivity contribution < 1.29 is 9.59 Å². The van der Waals surface area contributed by atoms with Crippen LogP contribution in [0.1, 0.15) is 49.4 Å². The summed E-state index contributed by atoms with van der Waals surface area (Å²) in [4.78, 5) is 30.1. The molecule has 2 saturated heterocycles. The smallest absolute Gasteiger partial charge is 0.254 e. The summed E-state index contributed by atoms with van der Waals surface area (Å²) in [6.45, 7) is 4.47. The first-order valence-corrected chi connectivity index (χ1v) is 9.99. The second-order valence-electron chi connectivity index (χ2n) is 6.55. The number of hydrogen-bond acceptors (Lipinski definition) is 3. The third-order valence-electron chi connectivity index (χ3n) is 4.88. The van der Waals surface area contributed by atoms with Crippen LogP contribution in [-0.4, -0.2) is 53.0 Å². The number of nitrogens with zero attached hydrogens (tertiary/aromatic N) is 2. The minimum absolute atomic E-state index is 0.116. The van der Waals surface area contributed by atoms with Gasteiger partial charge in [0.2, 0.25) is 5.91 Å². The molecule has 2 heterocycles. The molecule has 130 valence electrons. The Hall–Kier alpha value is -1.49. The predicted octanol–water partition coefficient (Wildman–Crippen LogP) is 3.42. The Morgan fingerprint density at radius 3 is 2.88 bits per heavy atom. The topological polar surface area (TPSA) is 40.6 Å². The van der Waals surface area contributed by atoms with E-state index in [4.69, 9.17) is 0 Å². The van der Waals surface area contributed by atoms with Crippen LogP contribution < -0.4 is 0 Å². The zero-order chi connectivity index (χ0) is 16.9. The largest absolute Gasteiger partial charge is 0.341 e. The molecule has 0 saturated carbocycles. The maximum absolute atomic E-state index is 13.0. The van der Waals surface area contributed by atoms with E-state index >= 15 is 0 Å². The van der Waals surface area contributed by atoms with Crippen molar-refractivity contribution in [1.29, 1.82) is 0 Å². The van der Waals surface area contributed by atoms with Gasteiger partial charge in [-0.3, -0.25) is 9.59 Å². The highest BCUT2D eigenvalue weighted by molar-refractivity contribution is 7.99. The van der Waals surface area contributed by atoms with Crippen LogP contribution in [0.4, 0.5) is 0 Å². The lowest BCUT2D eigenvalue weighted by molar-refractivity contribution is -0.128. The molecule has 5 heteroatoms. The number of likely N-dealkylation sites (tertiary alicyclic amines) is 2. The van der Waals surface area contributed by atoms with Crippen LogP contribution in [0.5, 0.6) is 0 Å². The zero-order valence-corrected chi connectivity index (χ0v) is 15.2. The number of thioether (sulfide) groups is 1.